The molecule has 1 unspecified atom stereocenters. The van der Waals surface area contributed by atoms with Crippen molar-refractivity contribution in [2.45, 2.75) is 31.6 Å². The molecule has 1 aromatic carbocycles. The molecule has 92 valence electrons. The smallest absolute Gasteiger partial charge is 0.178 e. The summed E-state index contributed by atoms with van der Waals surface area (Å²) in [6.07, 6.45) is 6.67. The van der Waals surface area contributed by atoms with Gasteiger partial charge in [-0.05, 0) is 30.5 Å². The molecule has 0 heterocycles. The van der Waals surface area contributed by atoms with Gasteiger partial charge in [0, 0.05) is 5.92 Å². The summed E-state index contributed by atoms with van der Waals surface area (Å²) in [6.45, 7) is 3.81. The number of rotatable bonds is 5. The first kappa shape index (κ1) is 13.8. The summed E-state index contributed by atoms with van der Waals surface area (Å²) in [4.78, 5) is 0.404. The second-order valence-corrected chi connectivity index (χ2v) is 6.35. The molecule has 0 saturated heterocycles. The Balaban J connectivity index is 2.98. The van der Waals surface area contributed by atoms with E-state index in [2.05, 4.69) is 5.92 Å². The zero-order valence-corrected chi connectivity index (χ0v) is 11.1. The molecule has 0 fully saturated rings. The van der Waals surface area contributed by atoms with Gasteiger partial charge in [0.1, 0.15) is 0 Å². The molecular formula is C14H18O2S. The predicted octanol–water partition coefficient (Wildman–Crippen LogP) is 2.68. The standard InChI is InChI=1S/C14H18O2S/c1-4-9-17(15,16)14-8-6-7-13(11-14)10-12(3)5-2/h2,6-8,11-12H,4,9-10H2,1,3H3. The van der Waals surface area contributed by atoms with Crippen LogP contribution in [0.1, 0.15) is 25.8 Å². The average molecular weight is 250 g/mol. The minimum absolute atomic E-state index is 0.124. The molecule has 1 rings (SSSR count). The van der Waals surface area contributed by atoms with Crippen LogP contribution in [0.4, 0.5) is 0 Å². The zero-order chi connectivity index (χ0) is 12.9. The van der Waals surface area contributed by atoms with Crippen LogP contribution in [0, 0.1) is 18.3 Å². The third-order valence-corrected chi connectivity index (χ3v) is 4.47. The predicted molar refractivity (Wildman–Crippen MR) is 70.5 cm³/mol. The van der Waals surface area contributed by atoms with Crippen LogP contribution >= 0.6 is 0 Å². The lowest BCUT2D eigenvalue weighted by molar-refractivity contribution is 0.594. The first-order valence-electron chi connectivity index (χ1n) is 5.77. The molecule has 0 radical (unpaired) electrons. The van der Waals surface area contributed by atoms with Crippen molar-refractivity contribution < 1.29 is 8.42 Å². The lowest BCUT2D eigenvalue weighted by Gasteiger charge is -2.07. The molecule has 17 heavy (non-hydrogen) atoms. The van der Waals surface area contributed by atoms with Gasteiger partial charge in [0.05, 0.1) is 10.6 Å². The van der Waals surface area contributed by atoms with Gasteiger partial charge in [-0.2, -0.15) is 0 Å². The first-order valence-corrected chi connectivity index (χ1v) is 7.42. The zero-order valence-electron chi connectivity index (χ0n) is 10.3. The molecule has 0 saturated carbocycles. The van der Waals surface area contributed by atoms with Crippen LogP contribution in [0.3, 0.4) is 0 Å². The quantitative estimate of drug-likeness (QED) is 0.753. The Kier molecular flexibility index (Phi) is 4.77. The summed E-state index contributed by atoms with van der Waals surface area (Å²) in [5, 5.41) is 0. The molecule has 0 spiro atoms. The van der Waals surface area contributed by atoms with E-state index in [1.165, 1.54) is 0 Å². The van der Waals surface area contributed by atoms with Crippen LogP contribution in [0.5, 0.6) is 0 Å². The highest BCUT2D eigenvalue weighted by Gasteiger charge is 2.13. The van der Waals surface area contributed by atoms with Crippen LogP contribution < -0.4 is 0 Å². The molecule has 0 bridgehead atoms. The van der Waals surface area contributed by atoms with E-state index in [-0.39, 0.29) is 11.7 Å². The molecule has 0 aliphatic heterocycles. The molecule has 1 aromatic rings. The van der Waals surface area contributed by atoms with E-state index in [9.17, 15) is 8.42 Å². The van der Waals surface area contributed by atoms with Gasteiger partial charge in [-0.25, -0.2) is 8.42 Å². The third-order valence-electron chi connectivity index (χ3n) is 2.56. The molecule has 0 N–H and O–H groups in total. The first-order chi connectivity index (χ1) is 7.99. The maximum Gasteiger partial charge on any atom is 0.178 e. The number of benzene rings is 1. The van der Waals surface area contributed by atoms with Crippen LogP contribution in [-0.2, 0) is 16.3 Å². The summed E-state index contributed by atoms with van der Waals surface area (Å²) in [5.74, 6) is 2.97. The summed E-state index contributed by atoms with van der Waals surface area (Å²) in [7, 11) is -3.13. The van der Waals surface area contributed by atoms with Crippen molar-refractivity contribution in [1.29, 1.82) is 0 Å². The number of hydrogen-bond acceptors (Lipinski definition) is 2. The Morgan fingerprint density at radius 1 is 1.41 bits per heavy atom. The molecule has 3 heteroatoms. The fraction of sp³-hybridized carbons (Fsp3) is 0.429. The van der Waals surface area contributed by atoms with Gasteiger partial charge in [0.2, 0.25) is 0 Å². The molecule has 0 amide bonds. The maximum absolute atomic E-state index is 11.9. The topological polar surface area (TPSA) is 34.1 Å². The highest BCUT2D eigenvalue weighted by atomic mass is 32.2. The van der Waals surface area contributed by atoms with E-state index in [1.54, 1.807) is 18.2 Å². The van der Waals surface area contributed by atoms with Crippen molar-refractivity contribution in [2.24, 2.45) is 5.92 Å². The SMILES string of the molecule is C#CC(C)Cc1cccc(S(=O)(=O)CCC)c1. The van der Waals surface area contributed by atoms with Crippen molar-refractivity contribution in [3.63, 3.8) is 0 Å². The normalized spacial score (nSPS) is 13.0. The molecule has 0 aromatic heterocycles. The van der Waals surface area contributed by atoms with E-state index in [1.807, 2.05) is 19.9 Å². The Morgan fingerprint density at radius 3 is 2.71 bits per heavy atom. The summed E-state index contributed by atoms with van der Waals surface area (Å²) in [6, 6.07) is 7.08. The summed E-state index contributed by atoms with van der Waals surface area (Å²) in [5.41, 5.74) is 0.979. The van der Waals surface area contributed by atoms with Crippen LogP contribution in [0.25, 0.3) is 0 Å². The van der Waals surface area contributed by atoms with Crippen LogP contribution in [0.15, 0.2) is 29.2 Å². The number of hydrogen-bond donors (Lipinski definition) is 0. The van der Waals surface area contributed by atoms with Crippen molar-refractivity contribution in [3.05, 3.63) is 29.8 Å². The van der Waals surface area contributed by atoms with Gasteiger partial charge < -0.3 is 0 Å². The highest BCUT2D eigenvalue weighted by Crippen LogP contribution is 2.16. The van der Waals surface area contributed by atoms with E-state index < -0.39 is 9.84 Å². The lowest BCUT2D eigenvalue weighted by atomic mass is 10.0. The van der Waals surface area contributed by atoms with E-state index in [0.717, 1.165) is 5.56 Å². The molecule has 0 aliphatic rings. The summed E-state index contributed by atoms with van der Waals surface area (Å²) < 4.78 is 23.8. The Morgan fingerprint density at radius 2 is 2.12 bits per heavy atom. The second-order valence-electron chi connectivity index (χ2n) is 4.24. The molecule has 2 nitrogen and oxygen atoms in total. The van der Waals surface area contributed by atoms with Gasteiger partial charge in [-0.15, -0.1) is 12.3 Å². The Hall–Kier alpha value is -1.27. The van der Waals surface area contributed by atoms with Gasteiger partial charge in [-0.1, -0.05) is 26.0 Å². The van der Waals surface area contributed by atoms with E-state index in [0.29, 0.717) is 17.7 Å². The van der Waals surface area contributed by atoms with Crippen LogP contribution in [0.2, 0.25) is 0 Å². The average Bonchev–Trinajstić information content (AvgIpc) is 2.29. The monoisotopic (exact) mass is 250 g/mol. The van der Waals surface area contributed by atoms with Crippen molar-refractivity contribution in [2.75, 3.05) is 5.75 Å². The van der Waals surface area contributed by atoms with E-state index >= 15 is 0 Å². The third kappa shape index (κ3) is 3.90. The van der Waals surface area contributed by atoms with Crippen molar-refractivity contribution in [3.8, 4) is 12.3 Å². The minimum atomic E-state index is -3.13. The Bertz CT molecular complexity index is 509. The van der Waals surface area contributed by atoms with Gasteiger partial charge in [-0.3, -0.25) is 0 Å². The molecule has 0 aliphatic carbocycles. The number of sulfone groups is 1. The van der Waals surface area contributed by atoms with Crippen molar-refractivity contribution in [1.82, 2.24) is 0 Å². The fourth-order valence-electron chi connectivity index (χ4n) is 1.66. The van der Waals surface area contributed by atoms with Crippen LogP contribution in [-0.4, -0.2) is 14.2 Å². The second kappa shape index (κ2) is 5.88. The minimum Gasteiger partial charge on any atom is -0.224 e. The van der Waals surface area contributed by atoms with Gasteiger partial charge >= 0.3 is 0 Å². The molecule has 1 atom stereocenters. The van der Waals surface area contributed by atoms with E-state index in [4.69, 9.17) is 6.42 Å². The van der Waals surface area contributed by atoms with Crippen molar-refractivity contribution >= 4 is 9.84 Å². The van der Waals surface area contributed by atoms with Gasteiger partial charge in [0.25, 0.3) is 0 Å². The molecular weight excluding hydrogens is 232 g/mol. The highest BCUT2D eigenvalue weighted by molar-refractivity contribution is 7.91. The largest absolute Gasteiger partial charge is 0.224 e. The van der Waals surface area contributed by atoms with Gasteiger partial charge in [0.15, 0.2) is 9.84 Å². The lowest BCUT2D eigenvalue weighted by Crippen LogP contribution is -2.06. The summed E-state index contributed by atoms with van der Waals surface area (Å²) >= 11 is 0. The Labute approximate surface area is 104 Å². The fourth-order valence-corrected chi connectivity index (χ4v) is 3.05. The maximum atomic E-state index is 11.9. The number of terminal acetylenes is 1.